The third kappa shape index (κ3) is 3.04. The molecule has 0 unspecified atom stereocenters. The Hall–Kier alpha value is -3.55. The van der Waals surface area contributed by atoms with E-state index in [-0.39, 0.29) is 17.7 Å². The number of aromatic nitrogens is 4. The van der Waals surface area contributed by atoms with Crippen LogP contribution in [0.15, 0.2) is 52.1 Å². The molecule has 8 heteroatoms. The van der Waals surface area contributed by atoms with Gasteiger partial charge in [0.25, 0.3) is 5.56 Å². The zero-order valence-corrected chi connectivity index (χ0v) is 16.8. The molecule has 4 aromatic rings. The summed E-state index contributed by atoms with van der Waals surface area (Å²) in [5.41, 5.74) is 1.50. The van der Waals surface area contributed by atoms with Crippen molar-refractivity contribution in [3.8, 4) is 11.4 Å². The van der Waals surface area contributed by atoms with Crippen molar-refractivity contribution in [2.45, 2.75) is 20.1 Å². The minimum atomic E-state index is -0.652. The molecule has 0 bridgehead atoms. The number of nitrogens with zero attached hydrogens (tertiary/aromatic N) is 4. The van der Waals surface area contributed by atoms with Crippen molar-refractivity contribution in [2.75, 3.05) is 0 Å². The Kier molecular flexibility index (Phi) is 4.85. The van der Waals surface area contributed by atoms with Gasteiger partial charge in [-0.15, -0.1) is 0 Å². The van der Waals surface area contributed by atoms with E-state index in [0.29, 0.717) is 22.5 Å². The fourth-order valence-corrected chi connectivity index (χ4v) is 3.64. The second-order valence-corrected chi connectivity index (χ2v) is 7.27. The van der Waals surface area contributed by atoms with Crippen LogP contribution in [0.5, 0.6) is 0 Å². The van der Waals surface area contributed by atoms with Gasteiger partial charge in [0, 0.05) is 25.2 Å². The number of hydrogen-bond acceptors (Lipinski definition) is 3. The maximum Gasteiger partial charge on any atom is 0.332 e. The van der Waals surface area contributed by atoms with Crippen molar-refractivity contribution in [3.05, 3.63) is 85.8 Å². The van der Waals surface area contributed by atoms with Gasteiger partial charge in [-0.05, 0) is 30.2 Å². The van der Waals surface area contributed by atoms with Crippen LogP contribution in [0.3, 0.4) is 0 Å². The molecule has 0 fully saturated rings. The van der Waals surface area contributed by atoms with E-state index >= 15 is 0 Å². The van der Waals surface area contributed by atoms with Crippen LogP contribution in [0.2, 0.25) is 0 Å². The first-order chi connectivity index (χ1) is 14.3. The molecule has 2 heterocycles. The Morgan fingerprint density at radius 2 is 1.77 bits per heavy atom. The van der Waals surface area contributed by atoms with Gasteiger partial charge in [-0.25, -0.2) is 18.6 Å². The second-order valence-electron chi connectivity index (χ2n) is 7.27. The molecule has 0 spiro atoms. The summed E-state index contributed by atoms with van der Waals surface area (Å²) in [4.78, 5) is 29.9. The highest BCUT2D eigenvalue weighted by Crippen LogP contribution is 2.26. The number of benzene rings is 2. The summed E-state index contributed by atoms with van der Waals surface area (Å²) in [7, 11) is 2.91. The highest BCUT2D eigenvalue weighted by molar-refractivity contribution is 5.77. The second kappa shape index (κ2) is 7.37. The van der Waals surface area contributed by atoms with Crippen molar-refractivity contribution < 1.29 is 8.78 Å². The lowest BCUT2D eigenvalue weighted by atomic mass is 10.1. The summed E-state index contributed by atoms with van der Waals surface area (Å²) in [5, 5.41) is 0. The molecule has 0 radical (unpaired) electrons. The van der Waals surface area contributed by atoms with Crippen LogP contribution in [0, 0.1) is 12.7 Å². The molecule has 0 saturated heterocycles. The standard InChI is InChI=1S/C22H20F2N4O2/c1-13-6-4-9-17(24)16(13)12-28-18-20(26(2)22(30)27(3)21(18)29)25-19(28)15-8-5-7-14(10-15)11-23/h4-10H,11-12H2,1-3H3. The number of halogens is 2. The molecule has 2 aromatic carbocycles. The number of alkyl halides is 1. The van der Waals surface area contributed by atoms with Crippen LogP contribution in [0.1, 0.15) is 16.7 Å². The maximum absolute atomic E-state index is 14.6. The van der Waals surface area contributed by atoms with Gasteiger partial charge in [0.05, 0.1) is 6.54 Å². The Morgan fingerprint density at radius 1 is 1.03 bits per heavy atom. The molecule has 0 aliphatic carbocycles. The lowest BCUT2D eigenvalue weighted by Gasteiger charge is -2.13. The van der Waals surface area contributed by atoms with Gasteiger partial charge >= 0.3 is 5.69 Å². The minimum Gasteiger partial charge on any atom is -0.313 e. The van der Waals surface area contributed by atoms with Gasteiger partial charge < -0.3 is 4.57 Å². The van der Waals surface area contributed by atoms with Crippen LogP contribution >= 0.6 is 0 Å². The number of fused-ring (bicyclic) bond motifs is 1. The monoisotopic (exact) mass is 410 g/mol. The van der Waals surface area contributed by atoms with Crippen molar-refractivity contribution in [2.24, 2.45) is 14.1 Å². The molecule has 154 valence electrons. The fraction of sp³-hybridized carbons (Fsp3) is 0.227. The predicted octanol–water partition coefficient (Wildman–Crippen LogP) is 3.07. The largest absolute Gasteiger partial charge is 0.332 e. The van der Waals surface area contributed by atoms with E-state index in [4.69, 9.17) is 0 Å². The molecular formula is C22H20F2N4O2. The van der Waals surface area contributed by atoms with Crippen LogP contribution < -0.4 is 11.2 Å². The Balaban J connectivity index is 2.09. The van der Waals surface area contributed by atoms with E-state index in [1.807, 2.05) is 0 Å². The molecule has 0 aliphatic rings. The van der Waals surface area contributed by atoms with E-state index in [1.54, 1.807) is 47.9 Å². The molecule has 6 nitrogen and oxygen atoms in total. The zero-order chi connectivity index (χ0) is 21.6. The number of hydrogen-bond donors (Lipinski definition) is 0. The summed E-state index contributed by atoms with van der Waals surface area (Å²) >= 11 is 0. The lowest BCUT2D eigenvalue weighted by molar-refractivity contribution is 0.485. The van der Waals surface area contributed by atoms with Gasteiger partial charge in [-0.2, -0.15) is 0 Å². The minimum absolute atomic E-state index is 0.0393. The first-order valence-corrected chi connectivity index (χ1v) is 9.39. The van der Waals surface area contributed by atoms with Gasteiger partial charge in [0.2, 0.25) is 0 Å². The highest BCUT2D eigenvalue weighted by Gasteiger charge is 2.21. The van der Waals surface area contributed by atoms with Crippen molar-refractivity contribution in [3.63, 3.8) is 0 Å². The Bertz CT molecular complexity index is 1380. The van der Waals surface area contributed by atoms with Crippen molar-refractivity contribution in [1.82, 2.24) is 18.7 Å². The Morgan fingerprint density at radius 3 is 2.47 bits per heavy atom. The third-order valence-corrected chi connectivity index (χ3v) is 5.36. The molecule has 30 heavy (non-hydrogen) atoms. The van der Waals surface area contributed by atoms with E-state index in [9.17, 15) is 18.4 Å². The van der Waals surface area contributed by atoms with Gasteiger partial charge in [-0.1, -0.05) is 30.3 Å². The smallest absolute Gasteiger partial charge is 0.313 e. The van der Waals surface area contributed by atoms with E-state index < -0.39 is 23.7 Å². The summed E-state index contributed by atoms with van der Waals surface area (Å²) in [6.07, 6.45) is 0. The van der Waals surface area contributed by atoms with Crippen molar-refractivity contribution in [1.29, 1.82) is 0 Å². The van der Waals surface area contributed by atoms with Gasteiger partial charge in [-0.3, -0.25) is 13.9 Å². The summed E-state index contributed by atoms with van der Waals surface area (Å²) in [6, 6.07) is 11.5. The molecule has 0 amide bonds. The zero-order valence-electron chi connectivity index (χ0n) is 16.8. The number of rotatable bonds is 4. The van der Waals surface area contributed by atoms with E-state index in [2.05, 4.69) is 4.98 Å². The van der Waals surface area contributed by atoms with Crippen LogP contribution in [0.4, 0.5) is 8.78 Å². The van der Waals surface area contributed by atoms with Gasteiger partial charge in [0.1, 0.15) is 18.3 Å². The Labute approximate surface area is 170 Å². The van der Waals surface area contributed by atoms with E-state index in [0.717, 1.165) is 10.1 Å². The summed E-state index contributed by atoms with van der Waals surface area (Å²) < 4.78 is 31.7. The quantitative estimate of drug-likeness (QED) is 0.520. The maximum atomic E-state index is 14.6. The molecule has 0 aliphatic heterocycles. The number of aryl methyl sites for hydroxylation is 2. The average Bonchev–Trinajstić information content (AvgIpc) is 3.13. The molecule has 0 saturated carbocycles. The lowest BCUT2D eigenvalue weighted by Crippen LogP contribution is -2.37. The summed E-state index contributed by atoms with van der Waals surface area (Å²) in [5.74, 6) is -0.0387. The number of imidazole rings is 1. The highest BCUT2D eigenvalue weighted by atomic mass is 19.1. The van der Waals surface area contributed by atoms with Crippen LogP contribution in [0.25, 0.3) is 22.6 Å². The molecule has 0 atom stereocenters. The topological polar surface area (TPSA) is 61.8 Å². The molecule has 2 aromatic heterocycles. The first-order valence-electron chi connectivity index (χ1n) is 9.39. The normalized spacial score (nSPS) is 11.4. The SMILES string of the molecule is Cc1cccc(F)c1Cn1c(-c2cccc(CF)c2)nc2c1c(=O)n(C)c(=O)n2C. The molecule has 0 N–H and O–H groups in total. The van der Waals surface area contributed by atoms with Crippen LogP contribution in [-0.4, -0.2) is 18.7 Å². The van der Waals surface area contributed by atoms with Gasteiger partial charge in [0.15, 0.2) is 11.2 Å². The first kappa shape index (κ1) is 19.8. The average molecular weight is 410 g/mol. The summed E-state index contributed by atoms with van der Waals surface area (Å²) in [6.45, 7) is 1.17. The third-order valence-electron chi connectivity index (χ3n) is 5.36. The predicted molar refractivity (Wildman–Crippen MR) is 111 cm³/mol. The fourth-order valence-electron chi connectivity index (χ4n) is 3.64. The molecular weight excluding hydrogens is 390 g/mol. The van der Waals surface area contributed by atoms with E-state index in [1.165, 1.54) is 24.7 Å². The van der Waals surface area contributed by atoms with Crippen molar-refractivity contribution >= 4 is 11.2 Å². The van der Waals surface area contributed by atoms with Crippen LogP contribution in [-0.2, 0) is 27.3 Å². The molecule has 4 rings (SSSR count).